The van der Waals surface area contributed by atoms with Crippen LogP contribution in [-0.4, -0.2) is 6.04 Å². The van der Waals surface area contributed by atoms with Crippen LogP contribution in [0, 0.1) is 5.41 Å². The number of rotatable bonds is 3. The maximum absolute atomic E-state index is 6.34. The van der Waals surface area contributed by atoms with Crippen molar-refractivity contribution in [1.82, 2.24) is 0 Å². The van der Waals surface area contributed by atoms with Crippen LogP contribution >= 0.6 is 0 Å². The van der Waals surface area contributed by atoms with E-state index in [0.717, 1.165) is 0 Å². The predicted octanol–water partition coefficient (Wildman–Crippen LogP) is 3.63. The van der Waals surface area contributed by atoms with E-state index >= 15 is 0 Å². The Bertz CT molecular complexity index is 383. The Kier molecular flexibility index (Phi) is 2.55. The van der Waals surface area contributed by atoms with Crippen LogP contribution in [0.5, 0.6) is 0 Å². The number of benzene rings is 1. The molecule has 0 saturated heterocycles. The Morgan fingerprint density at radius 3 is 2.06 bits per heavy atom. The third-order valence-corrected chi connectivity index (χ3v) is 5.40. The molecule has 92 valence electrons. The number of hydrogen-bond acceptors (Lipinski definition) is 1. The molecule has 3 rings (SSSR count). The fraction of sp³-hybridized carbons (Fsp3) is 0.625. The van der Waals surface area contributed by atoms with E-state index in [4.69, 9.17) is 5.73 Å². The summed E-state index contributed by atoms with van der Waals surface area (Å²) in [6.07, 6.45) is 8.11. The molecule has 0 radical (unpaired) electrons. The summed E-state index contributed by atoms with van der Waals surface area (Å²) in [5, 5.41) is 0. The first-order valence-corrected chi connectivity index (χ1v) is 7.02. The monoisotopic (exact) mass is 229 g/mol. The van der Waals surface area contributed by atoms with Crippen molar-refractivity contribution in [3.05, 3.63) is 35.9 Å². The Morgan fingerprint density at radius 2 is 1.59 bits per heavy atom. The van der Waals surface area contributed by atoms with Crippen molar-refractivity contribution in [2.45, 2.75) is 56.9 Å². The molecule has 0 spiro atoms. The molecule has 0 amide bonds. The van der Waals surface area contributed by atoms with E-state index in [-0.39, 0.29) is 0 Å². The first kappa shape index (κ1) is 11.3. The van der Waals surface area contributed by atoms with Crippen LogP contribution < -0.4 is 5.73 Å². The lowest BCUT2D eigenvalue weighted by molar-refractivity contribution is 0.211. The average molecular weight is 229 g/mol. The van der Waals surface area contributed by atoms with Crippen LogP contribution in [0.3, 0.4) is 0 Å². The molecular formula is C16H23N. The van der Waals surface area contributed by atoms with Gasteiger partial charge in [-0.05, 0) is 43.6 Å². The third-order valence-electron chi connectivity index (χ3n) is 5.40. The molecule has 2 N–H and O–H groups in total. The molecule has 0 aliphatic heterocycles. The van der Waals surface area contributed by atoms with Gasteiger partial charge in [0.2, 0.25) is 0 Å². The lowest BCUT2D eigenvalue weighted by Gasteiger charge is -2.41. The van der Waals surface area contributed by atoms with Gasteiger partial charge in [-0.15, -0.1) is 0 Å². The maximum Gasteiger partial charge on any atom is 0.00755 e. The van der Waals surface area contributed by atoms with E-state index in [2.05, 4.69) is 37.3 Å². The van der Waals surface area contributed by atoms with Crippen LogP contribution in [0.1, 0.15) is 51.0 Å². The van der Waals surface area contributed by atoms with Crippen LogP contribution in [0.25, 0.3) is 0 Å². The zero-order valence-corrected chi connectivity index (χ0v) is 10.8. The summed E-state index contributed by atoms with van der Waals surface area (Å²) in [6.45, 7) is 2.22. The number of hydrogen-bond donors (Lipinski definition) is 1. The summed E-state index contributed by atoms with van der Waals surface area (Å²) < 4.78 is 0. The van der Waals surface area contributed by atoms with Crippen molar-refractivity contribution >= 4 is 0 Å². The fourth-order valence-electron chi connectivity index (χ4n) is 4.31. The second-order valence-corrected chi connectivity index (χ2v) is 6.10. The molecule has 0 heterocycles. The molecule has 0 bridgehead atoms. The Balaban J connectivity index is 2.06. The van der Waals surface area contributed by atoms with Gasteiger partial charge in [-0.3, -0.25) is 0 Å². The molecule has 1 heteroatoms. The summed E-state index contributed by atoms with van der Waals surface area (Å²) in [4.78, 5) is 0. The largest absolute Gasteiger partial charge is 0.327 e. The normalized spacial score (nSPS) is 26.7. The van der Waals surface area contributed by atoms with Crippen molar-refractivity contribution in [3.8, 4) is 0 Å². The summed E-state index contributed by atoms with van der Waals surface area (Å²) in [7, 11) is 0. The molecule has 1 aromatic rings. The van der Waals surface area contributed by atoms with E-state index in [1.807, 2.05) is 0 Å². The van der Waals surface area contributed by atoms with Crippen LogP contribution in [-0.2, 0) is 5.41 Å². The smallest absolute Gasteiger partial charge is 0.00755 e. The molecule has 2 saturated carbocycles. The van der Waals surface area contributed by atoms with Gasteiger partial charge in [0.1, 0.15) is 0 Å². The molecule has 1 unspecified atom stereocenters. The fourth-order valence-corrected chi connectivity index (χ4v) is 4.31. The average Bonchev–Trinajstić information content (AvgIpc) is 3.03. The lowest BCUT2D eigenvalue weighted by atomic mass is 9.64. The number of nitrogens with two attached hydrogens (primary N) is 1. The minimum Gasteiger partial charge on any atom is -0.327 e. The zero-order chi connectivity index (χ0) is 11.9. The van der Waals surface area contributed by atoms with Gasteiger partial charge in [0.25, 0.3) is 0 Å². The molecular weight excluding hydrogens is 206 g/mol. The topological polar surface area (TPSA) is 26.0 Å². The summed E-state index contributed by atoms with van der Waals surface area (Å²) in [5.74, 6) is 0. The van der Waals surface area contributed by atoms with Gasteiger partial charge >= 0.3 is 0 Å². The van der Waals surface area contributed by atoms with E-state index in [1.165, 1.54) is 38.5 Å². The third kappa shape index (κ3) is 1.48. The Hall–Kier alpha value is -0.820. The molecule has 0 aromatic heterocycles. The summed E-state index contributed by atoms with van der Waals surface area (Å²) in [5.41, 5.74) is 8.68. The van der Waals surface area contributed by atoms with Crippen molar-refractivity contribution in [2.75, 3.05) is 0 Å². The van der Waals surface area contributed by atoms with E-state index in [0.29, 0.717) is 16.9 Å². The second-order valence-electron chi connectivity index (χ2n) is 6.10. The van der Waals surface area contributed by atoms with E-state index < -0.39 is 0 Å². The molecule has 1 nitrogen and oxygen atoms in total. The molecule has 2 aliphatic carbocycles. The first-order chi connectivity index (χ1) is 8.21. The van der Waals surface area contributed by atoms with Crippen LogP contribution in [0.2, 0.25) is 0 Å². The highest BCUT2D eigenvalue weighted by Crippen LogP contribution is 2.66. The van der Waals surface area contributed by atoms with Gasteiger partial charge in [-0.1, -0.05) is 43.2 Å². The van der Waals surface area contributed by atoms with Crippen molar-refractivity contribution in [2.24, 2.45) is 11.1 Å². The minimum absolute atomic E-state index is 0.334. The maximum atomic E-state index is 6.34. The van der Waals surface area contributed by atoms with E-state index in [9.17, 15) is 0 Å². The van der Waals surface area contributed by atoms with E-state index in [1.54, 1.807) is 5.56 Å². The highest BCUT2D eigenvalue weighted by molar-refractivity contribution is 5.34. The second kappa shape index (κ2) is 3.84. The lowest BCUT2D eigenvalue weighted by Crippen LogP contribution is -2.44. The molecule has 2 fully saturated rings. The van der Waals surface area contributed by atoms with Gasteiger partial charge in [0.15, 0.2) is 0 Å². The van der Waals surface area contributed by atoms with Gasteiger partial charge in [0, 0.05) is 11.5 Å². The standard InChI is InChI=1S/C16H23N/c1-13(17)15(11-12-15)16(9-5-6-10-16)14-7-3-2-4-8-14/h2-4,7-8,13H,5-6,9-12,17H2,1H3. The first-order valence-electron chi connectivity index (χ1n) is 7.02. The van der Waals surface area contributed by atoms with Crippen molar-refractivity contribution in [3.63, 3.8) is 0 Å². The van der Waals surface area contributed by atoms with Gasteiger partial charge in [-0.2, -0.15) is 0 Å². The predicted molar refractivity (Wildman–Crippen MR) is 71.9 cm³/mol. The molecule has 2 aliphatic rings. The highest BCUT2D eigenvalue weighted by atomic mass is 14.8. The van der Waals surface area contributed by atoms with Gasteiger partial charge < -0.3 is 5.73 Å². The Labute approximate surface area is 104 Å². The molecule has 1 atom stereocenters. The van der Waals surface area contributed by atoms with Crippen LogP contribution in [0.15, 0.2) is 30.3 Å². The summed E-state index contributed by atoms with van der Waals surface area (Å²) >= 11 is 0. The van der Waals surface area contributed by atoms with Gasteiger partial charge in [-0.25, -0.2) is 0 Å². The summed E-state index contributed by atoms with van der Waals surface area (Å²) in [6, 6.07) is 11.5. The van der Waals surface area contributed by atoms with Crippen LogP contribution in [0.4, 0.5) is 0 Å². The molecule has 17 heavy (non-hydrogen) atoms. The van der Waals surface area contributed by atoms with Crippen molar-refractivity contribution < 1.29 is 0 Å². The molecule has 1 aromatic carbocycles. The minimum atomic E-state index is 0.334. The zero-order valence-electron chi connectivity index (χ0n) is 10.8. The van der Waals surface area contributed by atoms with Crippen molar-refractivity contribution in [1.29, 1.82) is 0 Å². The Morgan fingerprint density at radius 1 is 1.00 bits per heavy atom. The van der Waals surface area contributed by atoms with Gasteiger partial charge in [0.05, 0.1) is 0 Å². The SMILES string of the molecule is CC(N)C1(C2(c3ccccc3)CCCC2)CC1. The highest BCUT2D eigenvalue weighted by Gasteiger charge is 2.61. The quantitative estimate of drug-likeness (QED) is 0.841.